The van der Waals surface area contributed by atoms with Crippen molar-refractivity contribution in [2.24, 2.45) is 0 Å². The number of nitrogens with one attached hydrogen (secondary N) is 1. The number of aliphatic carboxylic acids is 1. The van der Waals surface area contributed by atoms with E-state index in [9.17, 15) is 14.4 Å². The van der Waals surface area contributed by atoms with Gasteiger partial charge < -0.3 is 19.6 Å². The highest BCUT2D eigenvalue weighted by Crippen LogP contribution is 2.11. The van der Waals surface area contributed by atoms with Crippen LogP contribution in [0.4, 0.5) is 0 Å². The Labute approximate surface area is 122 Å². The van der Waals surface area contributed by atoms with Crippen LogP contribution in [0.5, 0.6) is 0 Å². The first kappa shape index (κ1) is 16.7. The molecule has 1 amide bonds. The fraction of sp³-hybridized carbons (Fsp3) is 0.500. The van der Waals surface area contributed by atoms with Crippen molar-refractivity contribution in [3.05, 3.63) is 23.7 Å². The number of carbonyl (C=O) groups is 3. The van der Waals surface area contributed by atoms with Gasteiger partial charge in [-0.25, -0.2) is 4.79 Å². The standard InChI is InChI=1S/C14H19NO6/c1-8-5-9(7-20-8)12(17)15-10(13(18)19)6-11(16)21-14(2,3)4/h5,7,10H,6H2,1-4H3,(H,15,17)(H,18,19)/t10-/m0/s1. The van der Waals surface area contributed by atoms with Crippen molar-refractivity contribution in [2.45, 2.75) is 45.8 Å². The zero-order chi connectivity index (χ0) is 16.2. The summed E-state index contributed by atoms with van der Waals surface area (Å²) in [6.45, 7) is 6.68. The first-order chi connectivity index (χ1) is 9.58. The molecular formula is C14H19NO6. The molecule has 1 aromatic heterocycles. The van der Waals surface area contributed by atoms with Gasteiger partial charge >= 0.3 is 11.9 Å². The van der Waals surface area contributed by atoms with Crippen LogP contribution in [-0.4, -0.2) is 34.6 Å². The molecule has 7 heteroatoms. The molecule has 0 bridgehead atoms. The fourth-order valence-corrected chi connectivity index (χ4v) is 1.55. The van der Waals surface area contributed by atoms with E-state index in [1.807, 2.05) is 0 Å². The number of carboxylic acids is 1. The predicted molar refractivity (Wildman–Crippen MR) is 72.8 cm³/mol. The normalized spacial score (nSPS) is 12.6. The highest BCUT2D eigenvalue weighted by atomic mass is 16.6. The van der Waals surface area contributed by atoms with Crippen molar-refractivity contribution in [3.63, 3.8) is 0 Å². The summed E-state index contributed by atoms with van der Waals surface area (Å²) < 4.78 is 10.0. The lowest BCUT2D eigenvalue weighted by Crippen LogP contribution is -2.43. The van der Waals surface area contributed by atoms with Crippen molar-refractivity contribution < 1.29 is 28.6 Å². The van der Waals surface area contributed by atoms with Gasteiger partial charge in [-0.3, -0.25) is 9.59 Å². The molecule has 0 fully saturated rings. The molecule has 1 heterocycles. The minimum atomic E-state index is -1.36. The van der Waals surface area contributed by atoms with Gasteiger partial charge in [0.05, 0.1) is 12.0 Å². The smallest absolute Gasteiger partial charge is 0.326 e. The predicted octanol–water partition coefficient (Wildman–Crippen LogP) is 1.50. The summed E-state index contributed by atoms with van der Waals surface area (Å²) in [6, 6.07) is 0.115. The van der Waals surface area contributed by atoms with Crippen molar-refractivity contribution in [3.8, 4) is 0 Å². The van der Waals surface area contributed by atoms with E-state index < -0.39 is 35.9 Å². The van der Waals surface area contributed by atoms with Crippen LogP contribution in [-0.2, 0) is 14.3 Å². The molecule has 0 saturated heterocycles. The number of hydrogen-bond acceptors (Lipinski definition) is 5. The molecule has 0 aliphatic heterocycles. The van der Waals surface area contributed by atoms with Gasteiger partial charge in [-0.1, -0.05) is 0 Å². The summed E-state index contributed by atoms with van der Waals surface area (Å²) in [6.07, 6.45) is 0.770. The second-order valence-electron chi connectivity index (χ2n) is 5.60. The minimum Gasteiger partial charge on any atom is -0.480 e. The number of esters is 1. The average molecular weight is 297 g/mol. The van der Waals surface area contributed by atoms with Gasteiger partial charge in [0.25, 0.3) is 5.91 Å². The number of amides is 1. The second-order valence-corrected chi connectivity index (χ2v) is 5.60. The summed E-state index contributed by atoms with van der Waals surface area (Å²) >= 11 is 0. The second kappa shape index (κ2) is 6.43. The van der Waals surface area contributed by atoms with Crippen molar-refractivity contribution >= 4 is 17.8 Å². The number of aryl methyl sites for hydroxylation is 1. The Balaban J connectivity index is 2.68. The number of ether oxygens (including phenoxy) is 1. The van der Waals surface area contributed by atoms with Gasteiger partial charge in [-0.05, 0) is 33.8 Å². The van der Waals surface area contributed by atoms with E-state index in [4.69, 9.17) is 14.3 Å². The minimum absolute atomic E-state index is 0.197. The molecular weight excluding hydrogens is 278 g/mol. The monoisotopic (exact) mass is 297 g/mol. The molecule has 116 valence electrons. The highest BCUT2D eigenvalue weighted by molar-refractivity contribution is 5.97. The summed E-state index contributed by atoms with van der Waals surface area (Å²) in [7, 11) is 0. The SMILES string of the molecule is Cc1cc(C(=O)N[C@@H](CC(=O)OC(C)(C)C)C(=O)O)co1. The van der Waals surface area contributed by atoms with E-state index in [0.717, 1.165) is 0 Å². The lowest BCUT2D eigenvalue weighted by Gasteiger charge is -2.21. The lowest BCUT2D eigenvalue weighted by atomic mass is 10.1. The van der Waals surface area contributed by atoms with Gasteiger partial charge in [0.2, 0.25) is 0 Å². The van der Waals surface area contributed by atoms with Crippen LogP contribution in [0, 0.1) is 6.92 Å². The molecule has 0 spiro atoms. The molecule has 0 aliphatic carbocycles. The van der Waals surface area contributed by atoms with Gasteiger partial charge in [0.15, 0.2) is 0 Å². The maximum absolute atomic E-state index is 11.9. The zero-order valence-electron chi connectivity index (χ0n) is 12.4. The van der Waals surface area contributed by atoms with Crippen LogP contribution in [0.25, 0.3) is 0 Å². The number of rotatable bonds is 5. The quantitative estimate of drug-likeness (QED) is 0.798. The van der Waals surface area contributed by atoms with E-state index in [0.29, 0.717) is 5.76 Å². The van der Waals surface area contributed by atoms with Crippen LogP contribution in [0.1, 0.15) is 43.3 Å². The van der Waals surface area contributed by atoms with Gasteiger partial charge in [-0.15, -0.1) is 0 Å². The molecule has 0 saturated carbocycles. The number of carbonyl (C=O) groups excluding carboxylic acids is 2. The molecule has 1 aromatic rings. The maximum atomic E-state index is 11.9. The number of carboxylic acid groups (broad SMARTS) is 1. The summed E-state index contributed by atoms with van der Waals surface area (Å²) in [5, 5.41) is 11.3. The lowest BCUT2D eigenvalue weighted by molar-refractivity contribution is -0.158. The third kappa shape index (κ3) is 5.68. The Bertz CT molecular complexity index is 540. The Hall–Kier alpha value is -2.31. The first-order valence-corrected chi connectivity index (χ1v) is 6.39. The van der Waals surface area contributed by atoms with E-state index in [-0.39, 0.29) is 5.56 Å². The van der Waals surface area contributed by atoms with Crippen LogP contribution in [0.2, 0.25) is 0 Å². The third-order valence-corrected chi connectivity index (χ3v) is 2.39. The van der Waals surface area contributed by atoms with Gasteiger partial charge in [0, 0.05) is 0 Å². The molecule has 0 aliphatic rings. The Kier molecular flexibility index (Phi) is 5.12. The van der Waals surface area contributed by atoms with Crippen molar-refractivity contribution in [1.82, 2.24) is 5.32 Å². The molecule has 21 heavy (non-hydrogen) atoms. The van der Waals surface area contributed by atoms with Gasteiger partial charge in [0.1, 0.15) is 23.7 Å². The third-order valence-electron chi connectivity index (χ3n) is 2.39. The topological polar surface area (TPSA) is 106 Å². The summed E-state index contributed by atoms with van der Waals surface area (Å²) in [5.74, 6) is -2.10. The Morgan fingerprint density at radius 1 is 1.38 bits per heavy atom. The Morgan fingerprint density at radius 2 is 2.00 bits per heavy atom. The first-order valence-electron chi connectivity index (χ1n) is 6.39. The van der Waals surface area contributed by atoms with Crippen LogP contribution >= 0.6 is 0 Å². The van der Waals surface area contributed by atoms with Crippen LogP contribution in [0.3, 0.4) is 0 Å². The van der Waals surface area contributed by atoms with Crippen molar-refractivity contribution in [1.29, 1.82) is 0 Å². The van der Waals surface area contributed by atoms with E-state index >= 15 is 0 Å². The Morgan fingerprint density at radius 3 is 2.43 bits per heavy atom. The molecule has 7 nitrogen and oxygen atoms in total. The molecule has 1 atom stereocenters. The van der Waals surface area contributed by atoms with Crippen LogP contribution in [0.15, 0.2) is 16.7 Å². The number of hydrogen-bond donors (Lipinski definition) is 2. The van der Waals surface area contributed by atoms with E-state index in [1.165, 1.54) is 12.3 Å². The average Bonchev–Trinajstić information content (AvgIpc) is 2.72. The highest BCUT2D eigenvalue weighted by Gasteiger charge is 2.27. The fourth-order valence-electron chi connectivity index (χ4n) is 1.55. The summed E-state index contributed by atoms with van der Waals surface area (Å²) in [4.78, 5) is 34.6. The van der Waals surface area contributed by atoms with E-state index in [2.05, 4.69) is 5.32 Å². The molecule has 1 rings (SSSR count). The number of furan rings is 1. The zero-order valence-corrected chi connectivity index (χ0v) is 12.4. The molecule has 0 unspecified atom stereocenters. The maximum Gasteiger partial charge on any atom is 0.326 e. The summed E-state index contributed by atoms with van der Waals surface area (Å²) in [5.41, 5.74) is -0.519. The molecule has 0 radical (unpaired) electrons. The van der Waals surface area contributed by atoms with Crippen LogP contribution < -0.4 is 5.32 Å². The van der Waals surface area contributed by atoms with Gasteiger partial charge in [-0.2, -0.15) is 0 Å². The largest absolute Gasteiger partial charge is 0.480 e. The van der Waals surface area contributed by atoms with Crippen molar-refractivity contribution in [2.75, 3.05) is 0 Å². The molecule has 0 aromatic carbocycles. The van der Waals surface area contributed by atoms with E-state index in [1.54, 1.807) is 27.7 Å². The molecule has 2 N–H and O–H groups in total.